The second-order valence-corrected chi connectivity index (χ2v) is 6.14. The molecule has 2 aromatic heterocycles. The van der Waals surface area contributed by atoms with Gasteiger partial charge in [-0.2, -0.15) is 13.2 Å². The Kier molecular flexibility index (Phi) is 11.0. The Morgan fingerprint density at radius 1 is 1.14 bits per heavy atom. The van der Waals surface area contributed by atoms with Gasteiger partial charge in [-0.3, -0.25) is 4.99 Å². The van der Waals surface area contributed by atoms with E-state index in [9.17, 15) is 13.2 Å². The molecular weight excluding hydrogens is 520 g/mol. The smallest absolute Gasteiger partial charge is 0.368 e. The summed E-state index contributed by atoms with van der Waals surface area (Å²) >= 11 is 5.76. The molecule has 0 spiro atoms. The summed E-state index contributed by atoms with van der Waals surface area (Å²) in [6.45, 7) is 3.76. The van der Waals surface area contributed by atoms with E-state index in [1.54, 1.807) is 12.3 Å². The molecule has 2 aromatic rings. The van der Waals surface area contributed by atoms with Gasteiger partial charge in [0.1, 0.15) is 11.0 Å². The molecule has 0 aliphatic heterocycles. The van der Waals surface area contributed by atoms with Gasteiger partial charge < -0.3 is 16.0 Å². The fraction of sp³-hybridized carbons (Fsp3) is 0.389. The van der Waals surface area contributed by atoms with Crippen molar-refractivity contribution in [2.45, 2.75) is 19.5 Å². The fourth-order valence-electron chi connectivity index (χ4n) is 2.33. The molecule has 3 N–H and O–H groups in total. The van der Waals surface area contributed by atoms with Gasteiger partial charge in [0.05, 0.1) is 5.56 Å². The van der Waals surface area contributed by atoms with Gasteiger partial charge in [-0.1, -0.05) is 17.7 Å². The number of nitrogens with one attached hydrogen (secondary N) is 3. The number of aromatic nitrogens is 2. The van der Waals surface area contributed by atoms with Gasteiger partial charge in [0.2, 0.25) is 0 Å². The normalized spacial score (nSPS) is 11.6. The molecule has 0 saturated heterocycles. The molecule has 160 valence electrons. The zero-order valence-electron chi connectivity index (χ0n) is 15.8. The molecule has 0 aliphatic carbocycles. The second-order valence-electron chi connectivity index (χ2n) is 5.75. The Labute approximate surface area is 189 Å². The lowest BCUT2D eigenvalue weighted by Crippen LogP contribution is -2.39. The zero-order valence-corrected chi connectivity index (χ0v) is 18.8. The van der Waals surface area contributed by atoms with Crippen molar-refractivity contribution < 1.29 is 13.2 Å². The van der Waals surface area contributed by atoms with Crippen molar-refractivity contribution >= 4 is 47.4 Å². The van der Waals surface area contributed by atoms with E-state index in [0.29, 0.717) is 37.2 Å². The monoisotopic (exact) mass is 542 g/mol. The number of halogens is 5. The van der Waals surface area contributed by atoms with Gasteiger partial charge in [0.15, 0.2) is 5.96 Å². The number of hydrogen-bond donors (Lipinski definition) is 3. The van der Waals surface area contributed by atoms with E-state index < -0.39 is 11.7 Å². The minimum atomic E-state index is -4.45. The molecule has 2 rings (SSSR count). The number of guanidine groups is 1. The van der Waals surface area contributed by atoms with Crippen molar-refractivity contribution in [2.75, 3.05) is 31.5 Å². The summed E-state index contributed by atoms with van der Waals surface area (Å²) in [5, 5.41) is 9.31. The highest BCUT2D eigenvalue weighted by atomic mass is 127. The summed E-state index contributed by atoms with van der Waals surface area (Å²) in [6.07, 6.45) is -0.728. The van der Waals surface area contributed by atoms with Gasteiger partial charge in [-0.05, 0) is 37.1 Å². The van der Waals surface area contributed by atoms with Gasteiger partial charge >= 0.3 is 6.18 Å². The molecule has 0 radical (unpaired) electrons. The first-order valence-corrected chi connectivity index (χ1v) is 9.16. The average molecular weight is 543 g/mol. The van der Waals surface area contributed by atoms with Crippen LogP contribution < -0.4 is 16.0 Å². The van der Waals surface area contributed by atoms with Gasteiger partial charge in [-0.25, -0.2) is 9.97 Å². The van der Waals surface area contributed by atoms with Crippen LogP contribution >= 0.6 is 35.6 Å². The second kappa shape index (κ2) is 12.7. The molecule has 0 bridgehead atoms. The Hall–Kier alpha value is -1.82. The van der Waals surface area contributed by atoms with E-state index in [1.165, 1.54) is 12.3 Å². The van der Waals surface area contributed by atoms with E-state index in [1.807, 2.05) is 13.0 Å². The largest absolute Gasteiger partial charge is 0.419 e. The molecule has 11 heteroatoms. The van der Waals surface area contributed by atoms with Crippen molar-refractivity contribution in [3.8, 4) is 0 Å². The van der Waals surface area contributed by atoms with Crippen LogP contribution in [0.25, 0.3) is 0 Å². The molecule has 0 aliphatic rings. The molecule has 6 nitrogen and oxygen atoms in total. The van der Waals surface area contributed by atoms with Crippen molar-refractivity contribution in [2.24, 2.45) is 4.99 Å². The molecule has 0 saturated carbocycles. The topological polar surface area (TPSA) is 74.2 Å². The summed E-state index contributed by atoms with van der Waals surface area (Å²) in [5.74, 6) is 0.400. The first kappa shape index (κ1) is 25.2. The van der Waals surface area contributed by atoms with Crippen LogP contribution in [0.3, 0.4) is 0 Å². The predicted molar refractivity (Wildman–Crippen MR) is 120 cm³/mol. The van der Waals surface area contributed by atoms with E-state index >= 15 is 0 Å². The molecule has 0 fully saturated rings. The molecule has 0 amide bonds. The van der Waals surface area contributed by atoms with Crippen molar-refractivity contribution in [3.63, 3.8) is 0 Å². The Balaban J connectivity index is 0.00000420. The van der Waals surface area contributed by atoms with Crippen LogP contribution in [0.15, 0.2) is 41.7 Å². The van der Waals surface area contributed by atoms with Crippen LogP contribution in [-0.2, 0) is 12.6 Å². The minimum absolute atomic E-state index is 0. The van der Waals surface area contributed by atoms with E-state index in [-0.39, 0.29) is 36.3 Å². The minimum Gasteiger partial charge on any atom is -0.368 e. The average Bonchev–Trinajstić information content (AvgIpc) is 2.66. The number of alkyl halides is 3. The van der Waals surface area contributed by atoms with Crippen LogP contribution in [0.4, 0.5) is 19.0 Å². The number of hydrogen-bond acceptors (Lipinski definition) is 4. The number of nitrogens with zero attached hydrogens (tertiary/aromatic N) is 3. The first-order chi connectivity index (χ1) is 13.4. The lowest BCUT2D eigenvalue weighted by Gasteiger charge is -2.14. The Bertz CT molecular complexity index is 771. The van der Waals surface area contributed by atoms with Crippen LogP contribution in [-0.4, -0.2) is 42.1 Å². The van der Waals surface area contributed by atoms with E-state index in [0.717, 1.165) is 11.6 Å². The maximum Gasteiger partial charge on any atom is 0.419 e. The maximum atomic E-state index is 13.0. The highest BCUT2D eigenvalue weighted by Crippen LogP contribution is 2.33. The number of rotatable bonds is 8. The van der Waals surface area contributed by atoms with Crippen LogP contribution in [0.5, 0.6) is 0 Å². The van der Waals surface area contributed by atoms with Gasteiger partial charge in [-0.15, -0.1) is 24.0 Å². The summed E-state index contributed by atoms with van der Waals surface area (Å²) in [6, 6.07) is 5.88. The number of anilines is 1. The van der Waals surface area contributed by atoms with Gasteiger partial charge in [0.25, 0.3) is 0 Å². The van der Waals surface area contributed by atoms with E-state index in [2.05, 4.69) is 30.9 Å². The number of aliphatic imine (C=N–C) groups is 1. The van der Waals surface area contributed by atoms with Crippen molar-refractivity contribution in [1.82, 2.24) is 20.6 Å². The van der Waals surface area contributed by atoms with Crippen molar-refractivity contribution in [3.05, 3.63) is 52.9 Å². The molecular formula is C18H23ClF3IN6. The molecule has 0 aromatic carbocycles. The highest BCUT2D eigenvalue weighted by molar-refractivity contribution is 14.0. The standard InChI is InChI=1S/C18H22ClF3N6.HI/c1-2-23-17(26-9-7-13-5-6-15(19)28-12-13)27-11-10-25-16-14(18(20,21)22)4-3-8-24-16;/h3-6,8,12H,2,7,9-11H2,1H3,(H,24,25)(H2,23,26,27);1H. The lowest BCUT2D eigenvalue weighted by molar-refractivity contribution is -0.137. The predicted octanol–water partition coefficient (Wildman–Crippen LogP) is 3.98. The summed E-state index contributed by atoms with van der Waals surface area (Å²) < 4.78 is 38.9. The van der Waals surface area contributed by atoms with E-state index in [4.69, 9.17) is 11.6 Å². The molecule has 0 unspecified atom stereocenters. The summed E-state index contributed by atoms with van der Waals surface area (Å²) in [5.41, 5.74) is 0.229. The molecule has 29 heavy (non-hydrogen) atoms. The third-order valence-electron chi connectivity index (χ3n) is 3.63. The first-order valence-electron chi connectivity index (χ1n) is 8.79. The summed E-state index contributed by atoms with van der Waals surface area (Å²) in [7, 11) is 0. The summed E-state index contributed by atoms with van der Waals surface area (Å²) in [4.78, 5) is 12.2. The fourth-order valence-corrected chi connectivity index (χ4v) is 2.44. The van der Waals surface area contributed by atoms with Crippen LogP contribution in [0.2, 0.25) is 5.15 Å². The van der Waals surface area contributed by atoms with Gasteiger partial charge in [0, 0.05) is 38.6 Å². The number of pyridine rings is 2. The Morgan fingerprint density at radius 2 is 1.93 bits per heavy atom. The molecule has 2 heterocycles. The maximum absolute atomic E-state index is 13.0. The highest BCUT2D eigenvalue weighted by Gasteiger charge is 2.33. The Morgan fingerprint density at radius 3 is 2.59 bits per heavy atom. The van der Waals surface area contributed by atoms with Crippen LogP contribution in [0, 0.1) is 0 Å². The lowest BCUT2D eigenvalue weighted by atomic mass is 10.2. The molecule has 0 atom stereocenters. The third-order valence-corrected chi connectivity index (χ3v) is 3.85. The van der Waals surface area contributed by atoms with Crippen LogP contribution in [0.1, 0.15) is 18.1 Å². The third kappa shape index (κ3) is 9.03. The zero-order chi connectivity index (χ0) is 20.4. The SMILES string of the molecule is CCNC(=NCCc1ccc(Cl)nc1)NCCNc1ncccc1C(F)(F)F.I. The quantitative estimate of drug-likeness (QED) is 0.155. The van der Waals surface area contributed by atoms with Crippen molar-refractivity contribution in [1.29, 1.82) is 0 Å².